The molecule has 3 rings (SSSR count). The lowest BCUT2D eigenvalue weighted by Gasteiger charge is -2.12. The molecule has 26 heavy (non-hydrogen) atoms. The van der Waals surface area contributed by atoms with Gasteiger partial charge in [-0.15, -0.1) is 0 Å². The molecule has 0 unspecified atom stereocenters. The molecule has 2 aromatic carbocycles. The van der Waals surface area contributed by atoms with Gasteiger partial charge in [-0.25, -0.2) is 14.8 Å². The molecule has 1 heterocycles. The highest BCUT2D eigenvalue weighted by atomic mass is 35.5. The number of aromatic carboxylic acids is 1. The Morgan fingerprint density at radius 2 is 1.69 bits per heavy atom. The van der Waals surface area contributed by atoms with Crippen LogP contribution in [0.4, 0.5) is 23.0 Å². The van der Waals surface area contributed by atoms with Crippen molar-refractivity contribution >= 4 is 40.6 Å². The number of nitrogens with one attached hydrogen (secondary N) is 2. The Bertz CT molecular complexity index is 976. The predicted molar refractivity (Wildman–Crippen MR) is 103 cm³/mol. The van der Waals surface area contributed by atoms with Crippen molar-refractivity contribution in [2.24, 2.45) is 0 Å². The second-order valence-corrected chi connectivity index (χ2v) is 6.14. The summed E-state index contributed by atoms with van der Waals surface area (Å²) in [5, 5.41) is 16.1. The Morgan fingerprint density at radius 1 is 1.00 bits per heavy atom. The van der Waals surface area contributed by atoms with E-state index in [9.17, 15) is 4.79 Å². The van der Waals surface area contributed by atoms with E-state index in [-0.39, 0.29) is 5.56 Å². The number of carboxylic acids is 1. The molecule has 0 spiro atoms. The number of nitrogens with zero attached hydrogens (tertiary/aromatic N) is 2. The molecule has 0 radical (unpaired) electrons. The number of aryl methyl sites for hydroxylation is 1. The lowest BCUT2D eigenvalue weighted by Crippen LogP contribution is -2.03. The van der Waals surface area contributed by atoms with E-state index in [1.807, 2.05) is 25.1 Å². The summed E-state index contributed by atoms with van der Waals surface area (Å²) < 4.78 is 0. The largest absolute Gasteiger partial charge is 0.478 e. The first-order valence-corrected chi connectivity index (χ1v) is 8.28. The van der Waals surface area contributed by atoms with Crippen LogP contribution in [0.15, 0.2) is 48.5 Å². The summed E-state index contributed by atoms with van der Waals surface area (Å²) in [5.74, 6) is 0.764. The van der Waals surface area contributed by atoms with E-state index in [0.29, 0.717) is 28.2 Å². The highest BCUT2D eigenvalue weighted by Crippen LogP contribution is 2.26. The molecule has 0 aliphatic carbocycles. The fourth-order valence-electron chi connectivity index (χ4n) is 2.45. The topological polar surface area (TPSA) is 87.1 Å². The van der Waals surface area contributed by atoms with Crippen molar-refractivity contribution in [3.8, 4) is 0 Å². The Hall–Kier alpha value is -3.12. The van der Waals surface area contributed by atoms with Gasteiger partial charge in [0.05, 0.1) is 5.56 Å². The zero-order chi connectivity index (χ0) is 18.7. The van der Waals surface area contributed by atoms with E-state index in [0.717, 1.165) is 11.3 Å². The second kappa shape index (κ2) is 7.41. The highest BCUT2D eigenvalue weighted by molar-refractivity contribution is 6.31. The maximum absolute atomic E-state index is 11.1. The molecule has 132 valence electrons. The molecule has 0 amide bonds. The van der Waals surface area contributed by atoms with E-state index in [1.165, 1.54) is 6.07 Å². The summed E-state index contributed by atoms with van der Waals surface area (Å²) in [4.78, 5) is 19.8. The first kappa shape index (κ1) is 17.7. The van der Waals surface area contributed by atoms with Crippen LogP contribution < -0.4 is 10.6 Å². The number of hydrogen-bond acceptors (Lipinski definition) is 5. The van der Waals surface area contributed by atoms with Crippen molar-refractivity contribution in [2.45, 2.75) is 13.8 Å². The van der Waals surface area contributed by atoms with Crippen LogP contribution in [0.25, 0.3) is 0 Å². The van der Waals surface area contributed by atoms with Crippen molar-refractivity contribution in [2.75, 3.05) is 10.6 Å². The number of hydrogen-bond donors (Lipinski definition) is 3. The summed E-state index contributed by atoms with van der Waals surface area (Å²) in [7, 11) is 0. The van der Waals surface area contributed by atoms with Crippen LogP contribution >= 0.6 is 11.6 Å². The van der Waals surface area contributed by atoms with Crippen LogP contribution in [-0.4, -0.2) is 21.0 Å². The average molecular weight is 369 g/mol. The van der Waals surface area contributed by atoms with Gasteiger partial charge in [-0.1, -0.05) is 23.7 Å². The molecule has 0 fully saturated rings. The number of benzene rings is 2. The molecule has 6 nitrogen and oxygen atoms in total. The minimum Gasteiger partial charge on any atom is -0.478 e. The third-order valence-electron chi connectivity index (χ3n) is 3.75. The zero-order valence-electron chi connectivity index (χ0n) is 14.2. The van der Waals surface area contributed by atoms with Crippen molar-refractivity contribution in [1.82, 2.24) is 9.97 Å². The van der Waals surface area contributed by atoms with Gasteiger partial charge in [0, 0.05) is 22.5 Å². The van der Waals surface area contributed by atoms with Gasteiger partial charge in [-0.2, -0.15) is 0 Å². The van der Waals surface area contributed by atoms with Crippen LogP contribution in [0.5, 0.6) is 0 Å². The Morgan fingerprint density at radius 3 is 2.42 bits per heavy atom. The fourth-order valence-corrected chi connectivity index (χ4v) is 2.63. The number of anilines is 4. The van der Waals surface area contributed by atoms with E-state index < -0.39 is 5.97 Å². The Balaban J connectivity index is 1.87. The van der Waals surface area contributed by atoms with Crippen molar-refractivity contribution in [1.29, 1.82) is 0 Å². The third kappa shape index (κ3) is 4.10. The fraction of sp³-hybridized carbons (Fsp3) is 0.105. The van der Waals surface area contributed by atoms with E-state index in [2.05, 4.69) is 20.6 Å². The highest BCUT2D eigenvalue weighted by Gasteiger charge is 2.08. The quantitative estimate of drug-likeness (QED) is 0.591. The summed E-state index contributed by atoms with van der Waals surface area (Å²) in [6.07, 6.45) is 0. The molecular formula is C19H17ClN4O2. The third-order valence-corrected chi connectivity index (χ3v) is 4.16. The van der Waals surface area contributed by atoms with Crippen LogP contribution in [0, 0.1) is 13.8 Å². The standard InChI is InChI=1S/C19H17ClN4O2/c1-11-15(20)7-4-8-16(11)24-18-10-17(21-12(2)22-18)23-14-6-3-5-13(9-14)19(25)26/h3-10H,1-2H3,(H,25,26)(H2,21,22,23,24). The summed E-state index contributed by atoms with van der Waals surface area (Å²) in [6.45, 7) is 3.71. The molecule has 0 aliphatic rings. The van der Waals surface area contributed by atoms with Crippen molar-refractivity contribution in [3.05, 3.63) is 70.5 Å². The molecule has 0 saturated heterocycles. The van der Waals surface area contributed by atoms with Gasteiger partial charge in [-0.05, 0) is 49.7 Å². The Kier molecular flexibility index (Phi) is 5.04. The van der Waals surface area contributed by atoms with E-state index >= 15 is 0 Å². The molecule has 1 aromatic heterocycles. The van der Waals surface area contributed by atoms with Crippen molar-refractivity contribution < 1.29 is 9.90 Å². The van der Waals surface area contributed by atoms with Gasteiger partial charge in [0.15, 0.2) is 0 Å². The molecule has 0 atom stereocenters. The normalized spacial score (nSPS) is 10.4. The molecule has 0 saturated carbocycles. The number of carbonyl (C=O) groups is 1. The predicted octanol–water partition coefficient (Wildman–Crippen LogP) is 4.93. The van der Waals surface area contributed by atoms with Gasteiger partial charge in [0.1, 0.15) is 17.5 Å². The monoisotopic (exact) mass is 368 g/mol. The SMILES string of the molecule is Cc1nc(Nc2cccc(C(=O)O)c2)cc(Nc2cccc(Cl)c2C)n1. The molecule has 3 N–H and O–H groups in total. The Labute approximate surface area is 155 Å². The van der Waals surface area contributed by atoms with Crippen LogP contribution in [0.1, 0.15) is 21.7 Å². The zero-order valence-corrected chi connectivity index (χ0v) is 15.0. The van der Waals surface area contributed by atoms with Crippen LogP contribution in [0.3, 0.4) is 0 Å². The first-order valence-electron chi connectivity index (χ1n) is 7.90. The number of rotatable bonds is 5. The molecule has 7 heteroatoms. The van der Waals surface area contributed by atoms with Gasteiger partial charge >= 0.3 is 5.97 Å². The maximum Gasteiger partial charge on any atom is 0.335 e. The second-order valence-electron chi connectivity index (χ2n) is 5.73. The minimum atomic E-state index is -0.980. The lowest BCUT2D eigenvalue weighted by molar-refractivity contribution is 0.0697. The maximum atomic E-state index is 11.1. The molecular weight excluding hydrogens is 352 g/mol. The van der Waals surface area contributed by atoms with E-state index in [1.54, 1.807) is 31.2 Å². The summed E-state index contributed by atoms with van der Waals surface area (Å²) >= 11 is 6.16. The number of halogens is 1. The van der Waals surface area contributed by atoms with Gasteiger partial charge in [0.2, 0.25) is 0 Å². The number of aromatic nitrogens is 2. The van der Waals surface area contributed by atoms with Crippen LogP contribution in [-0.2, 0) is 0 Å². The molecule has 3 aromatic rings. The van der Waals surface area contributed by atoms with Crippen LogP contribution in [0.2, 0.25) is 5.02 Å². The van der Waals surface area contributed by atoms with Gasteiger partial charge in [-0.3, -0.25) is 0 Å². The summed E-state index contributed by atoms with van der Waals surface area (Å²) in [6, 6.07) is 13.9. The molecule has 0 aliphatic heterocycles. The molecule has 0 bridgehead atoms. The average Bonchev–Trinajstić information content (AvgIpc) is 2.59. The van der Waals surface area contributed by atoms with E-state index in [4.69, 9.17) is 16.7 Å². The smallest absolute Gasteiger partial charge is 0.335 e. The lowest BCUT2D eigenvalue weighted by atomic mass is 10.2. The van der Waals surface area contributed by atoms with Gasteiger partial charge < -0.3 is 15.7 Å². The first-order chi connectivity index (χ1) is 12.4. The minimum absolute atomic E-state index is 0.202. The summed E-state index contributed by atoms with van der Waals surface area (Å²) in [5.41, 5.74) is 2.62. The number of carboxylic acid groups (broad SMARTS) is 1. The van der Waals surface area contributed by atoms with Gasteiger partial charge in [0.25, 0.3) is 0 Å². The van der Waals surface area contributed by atoms with Crippen molar-refractivity contribution in [3.63, 3.8) is 0 Å².